The fourth-order valence-electron chi connectivity index (χ4n) is 2.60. The number of carboxylic acids is 1. The van der Waals surface area contributed by atoms with Gasteiger partial charge < -0.3 is 9.67 Å². The van der Waals surface area contributed by atoms with Gasteiger partial charge in [-0.1, -0.05) is 36.7 Å². The molecule has 1 aromatic carbocycles. The highest BCUT2D eigenvalue weighted by Gasteiger charge is 2.18. The van der Waals surface area contributed by atoms with Crippen LogP contribution in [0.4, 0.5) is 0 Å². The summed E-state index contributed by atoms with van der Waals surface area (Å²) in [5.41, 5.74) is 3.20. The molecule has 0 spiro atoms. The van der Waals surface area contributed by atoms with Gasteiger partial charge in [-0.3, -0.25) is 4.79 Å². The lowest BCUT2D eigenvalue weighted by molar-refractivity contribution is -0.137. The topological polar surface area (TPSA) is 68.0 Å². The Morgan fingerprint density at radius 2 is 2.05 bits per heavy atom. The number of aliphatic carboxylic acids is 1. The molecule has 0 aliphatic heterocycles. The number of rotatable bonds is 4. The van der Waals surface area contributed by atoms with E-state index >= 15 is 0 Å². The third-order valence-corrected chi connectivity index (χ3v) is 3.87. The van der Waals surface area contributed by atoms with E-state index in [1.165, 1.54) is 6.33 Å². The van der Waals surface area contributed by atoms with Gasteiger partial charge in [-0.15, -0.1) is 0 Å². The Morgan fingerprint density at radius 3 is 2.73 bits per heavy atom. The number of hydrogen-bond donors (Lipinski definition) is 1. The summed E-state index contributed by atoms with van der Waals surface area (Å²) in [6.07, 6.45) is 3.98. The third-order valence-electron chi connectivity index (χ3n) is 3.54. The summed E-state index contributed by atoms with van der Waals surface area (Å²) in [7, 11) is 0. The standard InChI is InChI=1S/C16H14ClN3O2/c1-2-13-15-11(10-5-3-4-6-12(10)17)7-20(8-14(21)22)16(15)19-9-18-13/h3-7,9H,2,8H2,1H3,(H,21,22). The first-order valence-electron chi connectivity index (χ1n) is 6.91. The van der Waals surface area contributed by atoms with E-state index in [0.29, 0.717) is 10.7 Å². The Kier molecular flexibility index (Phi) is 3.81. The molecule has 0 fully saturated rings. The SMILES string of the molecule is CCc1ncnc2c1c(-c1ccccc1Cl)cn2CC(=O)O. The molecular formula is C16H14ClN3O2. The molecule has 112 valence electrons. The number of carboxylic acid groups (broad SMARTS) is 1. The molecule has 2 heterocycles. The second kappa shape index (κ2) is 5.77. The molecule has 6 heteroatoms. The molecule has 0 saturated carbocycles. The molecule has 22 heavy (non-hydrogen) atoms. The smallest absolute Gasteiger partial charge is 0.323 e. The molecule has 5 nitrogen and oxygen atoms in total. The van der Waals surface area contributed by atoms with Gasteiger partial charge in [0.15, 0.2) is 0 Å². The molecule has 0 unspecified atom stereocenters. The molecule has 2 aromatic heterocycles. The van der Waals surface area contributed by atoms with E-state index in [2.05, 4.69) is 9.97 Å². The Labute approximate surface area is 132 Å². The number of carbonyl (C=O) groups is 1. The van der Waals surface area contributed by atoms with Gasteiger partial charge in [0.2, 0.25) is 0 Å². The monoisotopic (exact) mass is 315 g/mol. The summed E-state index contributed by atoms with van der Waals surface area (Å²) in [6.45, 7) is 1.85. The van der Waals surface area contributed by atoms with Crippen molar-refractivity contribution in [2.75, 3.05) is 0 Å². The highest BCUT2D eigenvalue weighted by molar-refractivity contribution is 6.33. The second-order valence-corrected chi connectivity index (χ2v) is 5.32. The van der Waals surface area contributed by atoms with E-state index in [1.807, 2.05) is 31.2 Å². The summed E-state index contributed by atoms with van der Waals surface area (Å²) in [4.78, 5) is 19.7. The van der Waals surface area contributed by atoms with Crippen molar-refractivity contribution >= 4 is 28.6 Å². The number of benzene rings is 1. The van der Waals surface area contributed by atoms with Crippen LogP contribution in [0.15, 0.2) is 36.8 Å². The zero-order valence-corrected chi connectivity index (χ0v) is 12.7. The molecule has 0 bridgehead atoms. The zero-order chi connectivity index (χ0) is 15.7. The summed E-state index contributed by atoms with van der Waals surface area (Å²) >= 11 is 6.30. The van der Waals surface area contributed by atoms with E-state index in [0.717, 1.165) is 28.6 Å². The molecule has 0 aliphatic carbocycles. The number of nitrogens with zero attached hydrogens (tertiary/aromatic N) is 3. The van der Waals surface area contributed by atoms with Gasteiger partial charge in [0.05, 0.1) is 5.69 Å². The van der Waals surface area contributed by atoms with Gasteiger partial charge in [0.1, 0.15) is 18.5 Å². The maximum atomic E-state index is 11.1. The maximum absolute atomic E-state index is 11.1. The van der Waals surface area contributed by atoms with Gasteiger partial charge >= 0.3 is 5.97 Å². The minimum absolute atomic E-state index is 0.152. The Morgan fingerprint density at radius 1 is 1.27 bits per heavy atom. The third kappa shape index (κ3) is 2.44. The van der Waals surface area contributed by atoms with Gasteiger partial charge in [-0.25, -0.2) is 9.97 Å². The fraction of sp³-hybridized carbons (Fsp3) is 0.188. The van der Waals surface area contributed by atoms with Crippen LogP contribution >= 0.6 is 11.6 Å². The summed E-state index contributed by atoms with van der Waals surface area (Å²) in [6, 6.07) is 7.48. The van der Waals surface area contributed by atoms with Gasteiger partial charge in [0.25, 0.3) is 0 Å². The first-order valence-corrected chi connectivity index (χ1v) is 7.29. The molecule has 0 saturated heterocycles. The van der Waals surface area contributed by atoms with Crippen LogP contribution in [0.5, 0.6) is 0 Å². The van der Waals surface area contributed by atoms with Crippen molar-refractivity contribution in [3.63, 3.8) is 0 Å². The minimum Gasteiger partial charge on any atom is -0.480 e. The maximum Gasteiger partial charge on any atom is 0.323 e. The van der Waals surface area contributed by atoms with Crippen LogP contribution in [0.25, 0.3) is 22.2 Å². The van der Waals surface area contributed by atoms with Crippen LogP contribution in [0, 0.1) is 0 Å². The Balaban J connectivity index is 2.34. The summed E-state index contributed by atoms with van der Waals surface area (Å²) < 4.78 is 1.62. The molecule has 3 rings (SSSR count). The van der Waals surface area contributed by atoms with E-state index in [1.54, 1.807) is 10.8 Å². The molecule has 0 atom stereocenters. The van der Waals surface area contributed by atoms with E-state index in [-0.39, 0.29) is 6.54 Å². The fourth-order valence-corrected chi connectivity index (χ4v) is 2.84. The van der Waals surface area contributed by atoms with Crippen LogP contribution < -0.4 is 0 Å². The van der Waals surface area contributed by atoms with Crippen LogP contribution in [0.3, 0.4) is 0 Å². The van der Waals surface area contributed by atoms with Crippen LogP contribution in [0.2, 0.25) is 5.02 Å². The van der Waals surface area contributed by atoms with Crippen LogP contribution in [-0.2, 0) is 17.8 Å². The van der Waals surface area contributed by atoms with Gasteiger partial charge in [0, 0.05) is 27.7 Å². The predicted molar refractivity (Wildman–Crippen MR) is 85.0 cm³/mol. The van der Waals surface area contributed by atoms with Crippen molar-refractivity contribution in [3.05, 3.63) is 47.5 Å². The number of fused-ring (bicyclic) bond motifs is 1. The van der Waals surface area contributed by atoms with Crippen molar-refractivity contribution in [2.45, 2.75) is 19.9 Å². The summed E-state index contributed by atoms with van der Waals surface area (Å²) in [5.74, 6) is -0.917. The number of hydrogen-bond acceptors (Lipinski definition) is 3. The second-order valence-electron chi connectivity index (χ2n) is 4.92. The lowest BCUT2D eigenvalue weighted by Crippen LogP contribution is -2.08. The average Bonchev–Trinajstić information content (AvgIpc) is 2.86. The van der Waals surface area contributed by atoms with Crippen molar-refractivity contribution < 1.29 is 9.90 Å². The molecule has 0 amide bonds. The predicted octanol–water partition coefficient (Wildman–Crippen LogP) is 3.40. The van der Waals surface area contributed by atoms with E-state index in [9.17, 15) is 4.79 Å². The lowest BCUT2D eigenvalue weighted by Gasteiger charge is -2.04. The van der Waals surface area contributed by atoms with Crippen molar-refractivity contribution in [3.8, 4) is 11.1 Å². The zero-order valence-electron chi connectivity index (χ0n) is 12.0. The van der Waals surface area contributed by atoms with Crippen molar-refractivity contribution in [1.29, 1.82) is 0 Å². The molecule has 1 N–H and O–H groups in total. The number of aromatic nitrogens is 3. The summed E-state index contributed by atoms with van der Waals surface area (Å²) in [5, 5.41) is 10.6. The largest absolute Gasteiger partial charge is 0.480 e. The lowest BCUT2D eigenvalue weighted by atomic mass is 10.0. The number of halogens is 1. The van der Waals surface area contributed by atoms with E-state index in [4.69, 9.17) is 16.7 Å². The molecular weight excluding hydrogens is 302 g/mol. The van der Waals surface area contributed by atoms with Gasteiger partial charge in [-0.2, -0.15) is 0 Å². The highest BCUT2D eigenvalue weighted by atomic mass is 35.5. The Bertz CT molecular complexity index is 858. The van der Waals surface area contributed by atoms with Gasteiger partial charge in [-0.05, 0) is 12.5 Å². The Hall–Kier alpha value is -2.40. The quantitative estimate of drug-likeness (QED) is 0.801. The van der Waals surface area contributed by atoms with E-state index < -0.39 is 5.97 Å². The minimum atomic E-state index is -0.917. The normalized spacial score (nSPS) is 11.0. The number of aryl methyl sites for hydroxylation is 1. The van der Waals surface area contributed by atoms with Crippen molar-refractivity contribution in [2.24, 2.45) is 0 Å². The van der Waals surface area contributed by atoms with Crippen molar-refractivity contribution in [1.82, 2.24) is 14.5 Å². The average molecular weight is 316 g/mol. The molecule has 0 radical (unpaired) electrons. The van der Waals surface area contributed by atoms with Crippen LogP contribution in [0.1, 0.15) is 12.6 Å². The first-order chi connectivity index (χ1) is 10.6. The van der Waals surface area contributed by atoms with Crippen LogP contribution in [-0.4, -0.2) is 25.6 Å². The molecule has 3 aromatic rings. The highest BCUT2D eigenvalue weighted by Crippen LogP contribution is 2.35. The first kappa shape index (κ1) is 14.5. The molecule has 0 aliphatic rings.